The molecule has 3 aromatic rings. The van der Waals surface area contributed by atoms with E-state index >= 15 is 0 Å². The molecule has 0 bridgehead atoms. The van der Waals surface area contributed by atoms with Gasteiger partial charge in [-0.1, -0.05) is 67.1 Å². The summed E-state index contributed by atoms with van der Waals surface area (Å²) in [5.74, 6) is 0. The van der Waals surface area contributed by atoms with Gasteiger partial charge in [-0.05, 0) is 44.5 Å². The summed E-state index contributed by atoms with van der Waals surface area (Å²) in [6, 6.07) is 18.7. The molecule has 2 aromatic carbocycles. The van der Waals surface area contributed by atoms with Gasteiger partial charge >= 0.3 is 0 Å². The average Bonchev–Trinajstić information content (AvgIpc) is 3.18. The number of fused-ring (bicyclic) bond motifs is 1. The summed E-state index contributed by atoms with van der Waals surface area (Å²) in [5.41, 5.74) is 1.95. The van der Waals surface area contributed by atoms with Crippen LogP contribution in [0.1, 0.15) is 46.5 Å². The zero-order valence-electron chi connectivity index (χ0n) is 17.6. The van der Waals surface area contributed by atoms with E-state index in [9.17, 15) is 0 Å². The zero-order valence-corrected chi connectivity index (χ0v) is 18.4. The van der Waals surface area contributed by atoms with Crippen LogP contribution in [0.3, 0.4) is 0 Å². The van der Waals surface area contributed by atoms with Gasteiger partial charge < -0.3 is 9.47 Å². The number of ether oxygens (including phenoxy) is 2. The third kappa shape index (κ3) is 5.38. The van der Waals surface area contributed by atoms with Gasteiger partial charge in [0, 0.05) is 24.5 Å². The summed E-state index contributed by atoms with van der Waals surface area (Å²) in [7, 11) is 0. The summed E-state index contributed by atoms with van der Waals surface area (Å²) in [6.45, 7) is 7.47. The normalized spacial score (nSPS) is 13.8. The number of aromatic nitrogens is 3. The molecule has 1 unspecified atom stereocenters. The minimum Gasteiger partial charge on any atom is -0.353 e. The number of nitrogens with zero attached hydrogens (tertiary/aromatic N) is 3. The predicted molar refractivity (Wildman–Crippen MR) is 119 cm³/mol. The second-order valence-electron chi connectivity index (χ2n) is 7.00. The van der Waals surface area contributed by atoms with Gasteiger partial charge in [0.15, 0.2) is 6.29 Å². The fourth-order valence-corrected chi connectivity index (χ4v) is 4.98. The van der Waals surface area contributed by atoms with Crippen LogP contribution < -0.4 is 0 Å². The summed E-state index contributed by atoms with van der Waals surface area (Å²) in [4.78, 5) is 0.845. The Morgan fingerprint density at radius 3 is 2.34 bits per heavy atom. The summed E-state index contributed by atoms with van der Waals surface area (Å²) in [5, 5.41) is 9.08. The van der Waals surface area contributed by atoms with E-state index in [4.69, 9.17) is 9.47 Å². The van der Waals surface area contributed by atoms with Crippen molar-refractivity contribution in [3.05, 3.63) is 54.6 Å². The van der Waals surface area contributed by atoms with Crippen molar-refractivity contribution in [2.75, 3.05) is 13.2 Å². The average molecular weight is 414 g/mol. The largest absolute Gasteiger partial charge is 0.353 e. The molecule has 0 spiro atoms. The van der Waals surface area contributed by atoms with Gasteiger partial charge in [0.25, 0.3) is 0 Å². The maximum Gasteiger partial charge on any atom is 0.160 e. The number of hydrogen-bond donors (Lipinski definition) is 0. The van der Waals surface area contributed by atoms with Crippen LogP contribution in [0.25, 0.3) is 11.0 Å². The molecule has 0 aliphatic heterocycles. The van der Waals surface area contributed by atoms with Crippen molar-refractivity contribution in [2.45, 2.75) is 62.5 Å². The number of hydrogen-bond acceptors (Lipinski definition) is 5. The fourth-order valence-electron chi connectivity index (χ4n) is 3.56. The summed E-state index contributed by atoms with van der Waals surface area (Å²) >= 11 is 1.83. The fraction of sp³-hybridized carbons (Fsp3) is 0.478. The molecule has 0 aliphatic carbocycles. The lowest BCUT2D eigenvalue weighted by molar-refractivity contribution is -0.148. The first-order chi connectivity index (χ1) is 14.2. The topological polar surface area (TPSA) is 49.2 Å². The monoisotopic (exact) mass is 413 g/mol. The summed E-state index contributed by atoms with van der Waals surface area (Å²) < 4.78 is 14.0. The number of benzene rings is 2. The van der Waals surface area contributed by atoms with E-state index in [0.717, 1.165) is 30.3 Å². The Morgan fingerprint density at radius 1 is 0.966 bits per heavy atom. The van der Waals surface area contributed by atoms with Gasteiger partial charge in [-0.3, -0.25) is 0 Å². The molecular formula is C23H31N3O2S. The van der Waals surface area contributed by atoms with Crippen molar-refractivity contribution in [2.24, 2.45) is 0 Å². The van der Waals surface area contributed by atoms with Gasteiger partial charge in [-0.15, -0.1) is 5.10 Å². The molecule has 156 valence electrons. The zero-order chi connectivity index (χ0) is 20.5. The number of thioether (sulfide) groups is 1. The van der Waals surface area contributed by atoms with Crippen LogP contribution >= 0.6 is 11.8 Å². The maximum atomic E-state index is 5.97. The Morgan fingerprint density at radius 2 is 1.66 bits per heavy atom. The van der Waals surface area contributed by atoms with Gasteiger partial charge in [0.05, 0.1) is 5.52 Å². The minimum absolute atomic E-state index is 0.291. The third-order valence-electron chi connectivity index (χ3n) is 4.90. The van der Waals surface area contributed by atoms with Gasteiger partial charge in [-0.2, -0.15) is 0 Å². The van der Waals surface area contributed by atoms with E-state index < -0.39 is 0 Å². The minimum atomic E-state index is -0.359. The molecule has 0 saturated carbocycles. The SMILES string of the molecule is CCCCC(CC(OCC)OCC)(Sc1ccccc1)n1nnc2ccccc21. The molecule has 6 heteroatoms. The highest BCUT2D eigenvalue weighted by molar-refractivity contribution is 8.00. The van der Waals surface area contributed by atoms with Crippen LogP contribution in [0.5, 0.6) is 0 Å². The lowest BCUT2D eigenvalue weighted by Crippen LogP contribution is -2.37. The highest BCUT2D eigenvalue weighted by Crippen LogP contribution is 2.46. The van der Waals surface area contributed by atoms with Crippen molar-refractivity contribution in [1.29, 1.82) is 0 Å². The molecule has 0 saturated heterocycles. The quantitative estimate of drug-likeness (QED) is 0.275. The third-order valence-corrected chi connectivity index (χ3v) is 6.33. The Bertz CT molecular complexity index is 865. The van der Waals surface area contributed by atoms with Crippen molar-refractivity contribution < 1.29 is 9.47 Å². The second kappa shape index (κ2) is 10.8. The summed E-state index contributed by atoms with van der Waals surface area (Å²) in [6.07, 6.45) is 3.55. The molecule has 0 aliphatic rings. The number of unbranched alkanes of at least 4 members (excludes halogenated alkanes) is 1. The van der Waals surface area contributed by atoms with Crippen molar-refractivity contribution in [3.63, 3.8) is 0 Å². The Kier molecular flexibility index (Phi) is 8.09. The van der Waals surface area contributed by atoms with Crippen LogP contribution in [0, 0.1) is 0 Å². The highest BCUT2D eigenvalue weighted by atomic mass is 32.2. The molecule has 0 fully saturated rings. The van der Waals surface area contributed by atoms with Crippen LogP contribution in [-0.4, -0.2) is 34.5 Å². The molecule has 0 amide bonds. The smallest absolute Gasteiger partial charge is 0.160 e. The molecule has 0 N–H and O–H groups in total. The van der Waals surface area contributed by atoms with E-state index in [0.29, 0.717) is 19.6 Å². The lowest BCUT2D eigenvalue weighted by Gasteiger charge is -2.36. The Labute approximate surface area is 177 Å². The standard InChI is InChI=1S/C23H31N3O2S/c1-4-7-17-23(18-22(27-5-2)28-6-3,29-19-13-9-8-10-14-19)26-21-16-12-11-15-20(21)24-25-26/h8-16,22H,4-7,17-18H2,1-3H3. The second-order valence-corrected chi connectivity index (χ2v) is 8.43. The van der Waals surface area contributed by atoms with Crippen LogP contribution in [0.2, 0.25) is 0 Å². The predicted octanol–water partition coefficient (Wildman–Crippen LogP) is 5.86. The van der Waals surface area contributed by atoms with Crippen LogP contribution in [0.4, 0.5) is 0 Å². The van der Waals surface area contributed by atoms with E-state index in [1.165, 1.54) is 4.90 Å². The van der Waals surface area contributed by atoms with E-state index in [1.54, 1.807) is 0 Å². The first-order valence-electron chi connectivity index (χ1n) is 10.5. The molecule has 0 radical (unpaired) electrons. The van der Waals surface area contributed by atoms with Crippen LogP contribution in [0.15, 0.2) is 59.5 Å². The Hall–Kier alpha value is -1.89. The molecule has 1 heterocycles. The molecule has 1 aromatic heterocycles. The molecular weight excluding hydrogens is 382 g/mol. The van der Waals surface area contributed by atoms with E-state index in [1.807, 2.05) is 49.9 Å². The van der Waals surface area contributed by atoms with Gasteiger partial charge in [0.1, 0.15) is 10.4 Å². The molecule has 3 rings (SSSR count). The lowest BCUT2D eigenvalue weighted by atomic mass is 10.0. The van der Waals surface area contributed by atoms with Crippen LogP contribution in [-0.2, 0) is 14.3 Å². The van der Waals surface area contributed by atoms with E-state index in [-0.39, 0.29) is 11.2 Å². The molecule has 5 nitrogen and oxygen atoms in total. The molecule has 29 heavy (non-hydrogen) atoms. The van der Waals surface area contributed by atoms with Crippen molar-refractivity contribution in [1.82, 2.24) is 15.0 Å². The van der Waals surface area contributed by atoms with Gasteiger partial charge in [0.2, 0.25) is 0 Å². The first kappa shape index (κ1) is 21.8. The maximum absolute atomic E-state index is 5.97. The highest BCUT2D eigenvalue weighted by Gasteiger charge is 2.39. The van der Waals surface area contributed by atoms with E-state index in [2.05, 4.69) is 52.2 Å². The number of para-hydroxylation sites is 1. The first-order valence-corrected chi connectivity index (χ1v) is 11.3. The van der Waals surface area contributed by atoms with Crippen molar-refractivity contribution in [3.8, 4) is 0 Å². The molecule has 1 atom stereocenters. The van der Waals surface area contributed by atoms with Gasteiger partial charge in [-0.25, -0.2) is 4.68 Å². The van der Waals surface area contributed by atoms with Crippen molar-refractivity contribution >= 4 is 22.8 Å². The number of rotatable bonds is 12. The Balaban J connectivity index is 2.09.